The summed E-state index contributed by atoms with van der Waals surface area (Å²) >= 11 is 0. The second-order valence-electron chi connectivity index (χ2n) is 4.19. The highest BCUT2D eigenvalue weighted by atomic mass is 15.3. The fraction of sp³-hybridized carbons (Fsp3) is 0.545. The molecule has 0 amide bonds. The zero-order valence-corrected chi connectivity index (χ0v) is 8.48. The molecule has 2 heterocycles. The predicted octanol–water partition coefficient (Wildman–Crippen LogP) is 2.11. The second-order valence-corrected chi connectivity index (χ2v) is 4.19. The molecule has 74 valence electrons. The first-order valence-corrected chi connectivity index (χ1v) is 5.40. The number of fused-ring (bicyclic) bond motifs is 1. The molecule has 14 heavy (non-hydrogen) atoms. The van der Waals surface area contributed by atoms with Crippen LogP contribution in [0.1, 0.15) is 25.5 Å². The average molecular weight is 189 g/mol. The van der Waals surface area contributed by atoms with E-state index in [2.05, 4.69) is 35.0 Å². The maximum absolute atomic E-state index is 4.48. The van der Waals surface area contributed by atoms with Crippen molar-refractivity contribution in [3.63, 3.8) is 0 Å². The van der Waals surface area contributed by atoms with Crippen molar-refractivity contribution in [1.29, 1.82) is 0 Å². The van der Waals surface area contributed by atoms with Crippen LogP contribution in [0.3, 0.4) is 0 Å². The van der Waals surface area contributed by atoms with E-state index in [1.807, 2.05) is 4.52 Å². The van der Waals surface area contributed by atoms with Gasteiger partial charge >= 0.3 is 0 Å². The summed E-state index contributed by atoms with van der Waals surface area (Å²) in [5, 5.41) is 4.48. The lowest BCUT2D eigenvalue weighted by Gasteiger charge is -1.99. The van der Waals surface area contributed by atoms with Crippen LogP contribution in [0.5, 0.6) is 0 Å². The molecule has 0 radical (unpaired) electrons. The molecule has 1 saturated carbocycles. The summed E-state index contributed by atoms with van der Waals surface area (Å²) in [5.74, 6) is 0.922. The summed E-state index contributed by atoms with van der Waals surface area (Å²) < 4.78 is 4.31. The summed E-state index contributed by atoms with van der Waals surface area (Å²) in [5.41, 5.74) is 2.43. The number of aryl methyl sites for hydroxylation is 1. The lowest BCUT2D eigenvalue weighted by atomic mass is 10.3. The topological polar surface area (TPSA) is 22.2 Å². The number of rotatable bonds is 3. The molecule has 2 aromatic rings. The Bertz CT molecular complexity index is 448. The van der Waals surface area contributed by atoms with E-state index < -0.39 is 0 Å². The van der Waals surface area contributed by atoms with Crippen LogP contribution in [-0.2, 0) is 13.0 Å². The van der Waals surface area contributed by atoms with E-state index in [4.69, 9.17) is 0 Å². The maximum atomic E-state index is 4.48. The molecule has 1 aliphatic carbocycles. The minimum Gasteiger partial charge on any atom is -0.331 e. The summed E-state index contributed by atoms with van der Waals surface area (Å²) in [7, 11) is 0. The summed E-state index contributed by atoms with van der Waals surface area (Å²) in [4.78, 5) is 0. The van der Waals surface area contributed by atoms with E-state index in [9.17, 15) is 0 Å². The van der Waals surface area contributed by atoms with Gasteiger partial charge in [-0.05, 0) is 25.2 Å². The molecule has 0 spiro atoms. The van der Waals surface area contributed by atoms with Crippen molar-refractivity contribution in [2.75, 3.05) is 0 Å². The van der Waals surface area contributed by atoms with Gasteiger partial charge in [0.05, 0.1) is 5.69 Å². The number of nitrogens with zero attached hydrogens (tertiary/aromatic N) is 3. The zero-order valence-electron chi connectivity index (χ0n) is 8.48. The largest absolute Gasteiger partial charge is 0.331 e. The van der Waals surface area contributed by atoms with Gasteiger partial charge in [-0.1, -0.05) is 6.92 Å². The highest BCUT2D eigenvalue weighted by Crippen LogP contribution is 2.31. The minimum atomic E-state index is 0.922. The minimum absolute atomic E-state index is 0.922. The Morgan fingerprint density at radius 3 is 3.00 bits per heavy atom. The molecule has 1 aliphatic rings. The number of hydrogen-bond acceptors (Lipinski definition) is 1. The van der Waals surface area contributed by atoms with Crippen molar-refractivity contribution in [1.82, 2.24) is 14.2 Å². The summed E-state index contributed by atoms with van der Waals surface area (Å²) in [6, 6.07) is 2.20. The smallest absolute Gasteiger partial charge is 0.136 e. The maximum Gasteiger partial charge on any atom is 0.136 e. The first-order valence-electron chi connectivity index (χ1n) is 5.40. The normalized spacial score (nSPS) is 16.6. The van der Waals surface area contributed by atoms with E-state index in [0.29, 0.717) is 0 Å². The predicted molar refractivity (Wildman–Crippen MR) is 55.3 cm³/mol. The van der Waals surface area contributed by atoms with Crippen molar-refractivity contribution in [3.8, 4) is 0 Å². The van der Waals surface area contributed by atoms with Gasteiger partial charge in [-0.3, -0.25) is 0 Å². The van der Waals surface area contributed by atoms with Gasteiger partial charge in [-0.15, -0.1) is 0 Å². The molecular weight excluding hydrogens is 174 g/mol. The first kappa shape index (κ1) is 8.09. The number of aromatic nitrogens is 3. The highest BCUT2D eigenvalue weighted by molar-refractivity contribution is 5.41. The molecule has 2 aromatic heterocycles. The third-order valence-corrected chi connectivity index (χ3v) is 2.96. The van der Waals surface area contributed by atoms with E-state index >= 15 is 0 Å². The Morgan fingerprint density at radius 2 is 2.29 bits per heavy atom. The van der Waals surface area contributed by atoms with E-state index in [1.54, 1.807) is 0 Å². The third kappa shape index (κ3) is 1.24. The van der Waals surface area contributed by atoms with Crippen LogP contribution in [0, 0.1) is 5.92 Å². The molecule has 0 aliphatic heterocycles. The van der Waals surface area contributed by atoms with Crippen molar-refractivity contribution in [2.24, 2.45) is 5.92 Å². The van der Waals surface area contributed by atoms with E-state index in [-0.39, 0.29) is 0 Å². The highest BCUT2D eigenvalue weighted by Gasteiger charge is 2.22. The molecular formula is C11H15N3. The first-order chi connectivity index (χ1) is 6.86. The fourth-order valence-corrected chi connectivity index (χ4v) is 1.88. The van der Waals surface area contributed by atoms with Gasteiger partial charge in [0.2, 0.25) is 0 Å². The lowest BCUT2D eigenvalue weighted by molar-refractivity contribution is 0.644. The van der Waals surface area contributed by atoms with Gasteiger partial charge in [-0.25, -0.2) is 4.52 Å². The zero-order chi connectivity index (χ0) is 9.54. The molecule has 0 unspecified atom stereocenters. The molecule has 3 rings (SSSR count). The monoisotopic (exact) mass is 189 g/mol. The number of hydrogen-bond donors (Lipinski definition) is 0. The fourth-order valence-electron chi connectivity index (χ4n) is 1.88. The Balaban J connectivity index is 2.00. The Morgan fingerprint density at radius 1 is 1.43 bits per heavy atom. The van der Waals surface area contributed by atoms with Crippen LogP contribution in [0.2, 0.25) is 0 Å². The van der Waals surface area contributed by atoms with Crippen LogP contribution in [0.4, 0.5) is 0 Å². The van der Waals surface area contributed by atoms with Crippen molar-refractivity contribution >= 4 is 5.65 Å². The van der Waals surface area contributed by atoms with Crippen molar-refractivity contribution in [2.45, 2.75) is 32.7 Å². The molecule has 0 aromatic carbocycles. The third-order valence-electron chi connectivity index (χ3n) is 2.96. The van der Waals surface area contributed by atoms with Gasteiger partial charge in [0, 0.05) is 25.0 Å². The Hall–Kier alpha value is -1.25. The molecule has 0 atom stereocenters. The Kier molecular flexibility index (Phi) is 1.66. The van der Waals surface area contributed by atoms with Gasteiger partial charge in [0.15, 0.2) is 0 Å². The van der Waals surface area contributed by atoms with Crippen LogP contribution in [-0.4, -0.2) is 14.2 Å². The standard InChI is InChI=1S/C11H15N3/c1-2-10-7-11-13(8-9-3-4-9)5-6-14(11)12-10/h5-7,9H,2-4,8H2,1H3. The van der Waals surface area contributed by atoms with Crippen LogP contribution < -0.4 is 0 Å². The summed E-state index contributed by atoms with van der Waals surface area (Å²) in [6.45, 7) is 3.32. The van der Waals surface area contributed by atoms with Gasteiger partial charge in [-0.2, -0.15) is 5.10 Å². The molecule has 0 saturated heterocycles. The van der Waals surface area contributed by atoms with Crippen LogP contribution in [0.15, 0.2) is 18.5 Å². The molecule has 3 nitrogen and oxygen atoms in total. The average Bonchev–Trinajstić information content (AvgIpc) is 2.77. The van der Waals surface area contributed by atoms with E-state index in [1.165, 1.54) is 30.7 Å². The Labute approximate surface area is 83.3 Å². The molecule has 1 fully saturated rings. The number of imidazole rings is 1. The van der Waals surface area contributed by atoms with Gasteiger partial charge < -0.3 is 4.57 Å². The lowest BCUT2D eigenvalue weighted by Crippen LogP contribution is -1.97. The van der Waals surface area contributed by atoms with E-state index in [0.717, 1.165) is 12.3 Å². The molecule has 3 heteroatoms. The molecule has 0 N–H and O–H groups in total. The van der Waals surface area contributed by atoms with Gasteiger partial charge in [0.1, 0.15) is 5.65 Å². The van der Waals surface area contributed by atoms with Crippen molar-refractivity contribution in [3.05, 3.63) is 24.2 Å². The SMILES string of the molecule is CCc1cc2n(CC3CC3)ccn2n1. The molecule has 0 bridgehead atoms. The quantitative estimate of drug-likeness (QED) is 0.725. The van der Waals surface area contributed by atoms with Gasteiger partial charge in [0.25, 0.3) is 0 Å². The van der Waals surface area contributed by atoms with Crippen molar-refractivity contribution < 1.29 is 0 Å². The van der Waals surface area contributed by atoms with Crippen LogP contribution >= 0.6 is 0 Å². The summed E-state index contributed by atoms with van der Waals surface area (Å²) in [6.07, 6.45) is 8.01. The van der Waals surface area contributed by atoms with Crippen LogP contribution in [0.25, 0.3) is 5.65 Å². The second kappa shape index (κ2) is 2.87.